The molecule has 2 aromatic heterocycles. The summed E-state index contributed by atoms with van der Waals surface area (Å²) in [6.45, 7) is 6.27. The molecule has 0 aliphatic carbocycles. The summed E-state index contributed by atoms with van der Waals surface area (Å²) in [5.74, 6) is 1.07. The van der Waals surface area contributed by atoms with E-state index in [2.05, 4.69) is 15.9 Å². The molecule has 1 aromatic carbocycles. The van der Waals surface area contributed by atoms with Crippen molar-refractivity contribution in [3.63, 3.8) is 0 Å². The van der Waals surface area contributed by atoms with E-state index in [1.165, 1.54) is 11.1 Å². The van der Waals surface area contributed by atoms with E-state index in [1.54, 1.807) is 17.4 Å². The summed E-state index contributed by atoms with van der Waals surface area (Å²) in [5.41, 5.74) is 8.90. The first-order chi connectivity index (χ1) is 19.0. The third-order valence-electron chi connectivity index (χ3n) is 7.46. The molecule has 3 N–H and O–H groups in total. The number of aromatic nitrogens is 2. The number of fused-ring (bicyclic) bond motifs is 1. The highest BCUT2D eigenvalue weighted by Gasteiger charge is 2.34. The Balaban J connectivity index is 1.24. The first-order valence-corrected chi connectivity index (χ1v) is 14.0. The molecule has 6 rings (SSSR count). The monoisotopic (exact) mass is 549 g/mol. The number of carbonyl (C=O) groups is 2. The summed E-state index contributed by atoms with van der Waals surface area (Å²) in [7, 11) is 0. The highest BCUT2D eigenvalue weighted by molar-refractivity contribution is 7.19. The molecule has 0 radical (unpaired) electrons. The second-order valence-electron chi connectivity index (χ2n) is 9.97. The fourth-order valence-electron chi connectivity index (χ4n) is 5.34. The van der Waals surface area contributed by atoms with Crippen molar-refractivity contribution < 1.29 is 19.1 Å². The number of piperazine rings is 1. The van der Waals surface area contributed by atoms with Crippen LogP contribution in [0.25, 0.3) is 21.6 Å². The number of ether oxygens (including phenoxy) is 2. The van der Waals surface area contributed by atoms with Crippen molar-refractivity contribution in [3.05, 3.63) is 34.7 Å². The van der Waals surface area contributed by atoms with E-state index in [9.17, 15) is 9.59 Å². The normalized spacial score (nSPS) is 20.4. The maximum Gasteiger partial charge on any atom is 0.306 e. The highest BCUT2D eigenvalue weighted by Crippen LogP contribution is 2.36. The van der Waals surface area contributed by atoms with Crippen LogP contribution >= 0.6 is 11.3 Å². The number of nitrogens with one attached hydrogen (secondary N) is 1. The number of cyclic esters (lactones) is 1. The Hall–Kier alpha value is -3.61. The zero-order valence-corrected chi connectivity index (χ0v) is 22.4. The molecule has 3 aliphatic rings. The lowest BCUT2D eigenvalue weighted by molar-refractivity contribution is -0.153. The zero-order chi connectivity index (χ0) is 26.9. The SMILES string of the molecule is N=Cc1c(N)cccc1-c1nc(N2CCOCC2)c2sc(CN3CCN(C(=O)C4CCC(=O)O4)CC3)cc2n1. The third-order valence-corrected chi connectivity index (χ3v) is 8.57. The van der Waals surface area contributed by atoms with Crippen LogP contribution in [-0.4, -0.2) is 96.4 Å². The lowest BCUT2D eigenvalue weighted by Gasteiger charge is -2.35. The van der Waals surface area contributed by atoms with E-state index in [-0.39, 0.29) is 11.9 Å². The van der Waals surface area contributed by atoms with Crippen LogP contribution in [0.1, 0.15) is 23.3 Å². The standard InChI is InChI=1S/C27H31N7O4S/c28-15-19-18(2-1-3-20(19)29)25-30-21-14-17(39-24(21)26(31-25)33-10-12-37-13-11-33)16-32-6-8-34(9-7-32)27(36)22-4-5-23(35)38-22/h1-3,14-15,22,28H,4-13,16,29H2. The number of thiophene rings is 1. The van der Waals surface area contributed by atoms with E-state index in [4.69, 9.17) is 30.6 Å². The van der Waals surface area contributed by atoms with Crippen molar-refractivity contribution in [3.8, 4) is 11.4 Å². The highest BCUT2D eigenvalue weighted by atomic mass is 32.1. The summed E-state index contributed by atoms with van der Waals surface area (Å²) in [6, 6.07) is 7.67. The average molecular weight is 550 g/mol. The lowest BCUT2D eigenvalue weighted by atomic mass is 10.1. The number of esters is 1. The van der Waals surface area contributed by atoms with Crippen LogP contribution in [0.4, 0.5) is 11.5 Å². The van der Waals surface area contributed by atoms with Gasteiger partial charge in [-0.3, -0.25) is 14.5 Å². The number of morpholine rings is 1. The Bertz CT molecular complexity index is 1410. The van der Waals surface area contributed by atoms with E-state index < -0.39 is 6.10 Å². The molecule has 0 spiro atoms. The molecule has 1 atom stereocenters. The number of benzene rings is 1. The van der Waals surface area contributed by atoms with Gasteiger partial charge in [0.05, 0.1) is 23.4 Å². The number of amides is 1. The van der Waals surface area contributed by atoms with Gasteiger partial charge in [0.15, 0.2) is 17.7 Å². The molecule has 3 aliphatic heterocycles. The van der Waals surface area contributed by atoms with Crippen molar-refractivity contribution in [2.24, 2.45) is 0 Å². The van der Waals surface area contributed by atoms with Gasteiger partial charge >= 0.3 is 5.97 Å². The fourth-order valence-corrected chi connectivity index (χ4v) is 6.50. The van der Waals surface area contributed by atoms with Gasteiger partial charge in [0, 0.05) is 86.6 Å². The molecule has 3 fully saturated rings. The number of nitrogens with two attached hydrogens (primary N) is 1. The van der Waals surface area contributed by atoms with Gasteiger partial charge in [0.1, 0.15) is 0 Å². The van der Waals surface area contributed by atoms with Crippen LogP contribution < -0.4 is 10.6 Å². The first kappa shape index (κ1) is 25.7. The number of rotatable bonds is 6. The van der Waals surface area contributed by atoms with Crippen LogP contribution in [0.3, 0.4) is 0 Å². The third kappa shape index (κ3) is 5.19. The van der Waals surface area contributed by atoms with E-state index in [0.29, 0.717) is 56.2 Å². The van der Waals surface area contributed by atoms with Gasteiger partial charge in [-0.15, -0.1) is 11.3 Å². The molecule has 12 heteroatoms. The van der Waals surface area contributed by atoms with Crippen molar-refractivity contribution in [2.75, 3.05) is 63.1 Å². The second-order valence-corrected chi connectivity index (χ2v) is 11.1. The van der Waals surface area contributed by atoms with E-state index in [0.717, 1.165) is 54.3 Å². The lowest BCUT2D eigenvalue weighted by Crippen LogP contribution is -2.51. The Morgan fingerprint density at radius 3 is 2.67 bits per heavy atom. The van der Waals surface area contributed by atoms with Gasteiger partial charge in [-0.05, 0) is 12.1 Å². The molecule has 3 saturated heterocycles. The maximum absolute atomic E-state index is 12.7. The minimum Gasteiger partial charge on any atom is -0.452 e. The maximum atomic E-state index is 12.7. The van der Waals surface area contributed by atoms with Gasteiger partial charge in [-0.25, -0.2) is 9.97 Å². The van der Waals surface area contributed by atoms with Crippen molar-refractivity contribution >= 4 is 51.1 Å². The molecule has 0 bridgehead atoms. The van der Waals surface area contributed by atoms with Gasteiger partial charge in [-0.2, -0.15) is 0 Å². The number of anilines is 2. The molecule has 11 nitrogen and oxygen atoms in total. The van der Waals surface area contributed by atoms with E-state index >= 15 is 0 Å². The van der Waals surface area contributed by atoms with E-state index in [1.807, 2.05) is 17.0 Å². The molecule has 5 heterocycles. The average Bonchev–Trinajstić information content (AvgIpc) is 3.58. The molecule has 1 amide bonds. The second kappa shape index (κ2) is 10.9. The number of carbonyl (C=O) groups excluding carboxylic acids is 2. The van der Waals surface area contributed by atoms with Gasteiger partial charge in [0.2, 0.25) is 0 Å². The topological polar surface area (TPSA) is 138 Å². The summed E-state index contributed by atoms with van der Waals surface area (Å²) in [4.78, 5) is 41.6. The summed E-state index contributed by atoms with van der Waals surface area (Å²) in [5, 5.41) is 7.90. The van der Waals surface area contributed by atoms with Crippen LogP contribution in [-0.2, 0) is 25.6 Å². The Labute approximate surface area is 230 Å². The number of hydrogen-bond acceptors (Lipinski definition) is 11. The summed E-state index contributed by atoms with van der Waals surface area (Å²) >= 11 is 1.70. The van der Waals surface area contributed by atoms with Crippen molar-refractivity contribution in [1.82, 2.24) is 19.8 Å². The number of nitrogens with zero attached hydrogens (tertiary/aromatic N) is 5. The minimum atomic E-state index is -0.619. The first-order valence-electron chi connectivity index (χ1n) is 13.2. The van der Waals surface area contributed by atoms with Gasteiger partial charge in [0.25, 0.3) is 5.91 Å². The summed E-state index contributed by atoms with van der Waals surface area (Å²) in [6.07, 6.45) is 1.43. The largest absolute Gasteiger partial charge is 0.452 e. The Kier molecular flexibility index (Phi) is 7.15. The van der Waals surface area contributed by atoms with Crippen LogP contribution in [0.15, 0.2) is 24.3 Å². The molecule has 0 saturated carbocycles. The predicted octanol–water partition coefficient (Wildman–Crippen LogP) is 2.12. The van der Waals surface area contributed by atoms with Crippen LogP contribution in [0, 0.1) is 5.41 Å². The fraction of sp³-hybridized carbons (Fsp3) is 0.444. The van der Waals surface area contributed by atoms with Gasteiger partial charge in [-0.1, -0.05) is 12.1 Å². The van der Waals surface area contributed by atoms with Crippen LogP contribution in [0.5, 0.6) is 0 Å². The molecule has 204 valence electrons. The smallest absolute Gasteiger partial charge is 0.306 e. The molecule has 39 heavy (non-hydrogen) atoms. The molecule has 3 aromatic rings. The van der Waals surface area contributed by atoms with Crippen molar-refractivity contribution in [2.45, 2.75) is 25.5 Å². The minimum absolute atomic E-state index is 0.0776. The quantitative estimate of drug-likeness (QED) is 0.269. The molecular formula is C27H31N7O4S. The molecular weight excluding hydrogens is 518 g/mol. The van der Waals surface area contributed by atoms with Gasteiger partial charge < -0.3 is 30.4 Å². The zero-order valence-electron chi connectivity index (χ0n) is 21.6. The van der Waals surface area contributed by atoms with Crippen LogP contribution in [0.2, 0.25) is 0 Å². The van der Waals surface area contributed by atoms with Crippen molar-refractivity contribution in [1.29, 1.82) is 5.41 Å². The predicted molar refractivity (Wildman–Crippen MR) is 149 cm³/mol. The summed E-state index contributed by atoms with van der Waals surface area (Å²) < 4.78 is 11.8. The Morgan fingerprint density at radius 2 is 1.95 bits per heavy atom. The number of nitrogen functional groups attached to an aromatic ring is 1. The molecule has 1 unspecified atom stereocenters. The number of hydrogen-bond donors (Lipinski definition) is 2. The Morgan fingerprint density at radius 1 is 1.15 bits per heavy atom.